The molecule has 1 aromatic carbocycles. The van der Waals surface area contributed by atoms with Gasteiger partial charge in [0.1, 0.15) is 5.82 Å². The highest BCUT2D eigenvalue weighted by Gasteiger charge is 2.05. The number of amides is 2. The van der Waals surface area contributed by atoms with Gasteiger partial charge in [0.2, 0.25) is 0 Å². The Morgan fingerprint density at radius 3 is 2.83 bits per heavy atom. The van der Waals surface area contributed by atoms with Crippen LogP contribution in [0.2, 0.25) is 0 Å². The van der Waals surface area contributed by atoms with Crippen molar-refractivity contribution in [2.45, 2.75) is 13.0 Å². The first kappa shape index (κ1) is 13.9. The topological polar surface area (TPSA) is 85.2 Å². The van der Waals surface area contributed by atoms with Crippen LogP contribution >= 0.6 is 0 Å². The summed E-state index contributed by atoms with van der Waals surface area (Å²) < 4.78 is 13.4. The fraction of sp³-hybridized carbons (Fsp3) is 0.333. The van der Waals surface area contributed by atoms with Crippen LogP contribution in [-0.2, 0) is 6.54 Å². The third kappa shape index (κ3) is 4.39. The predicted molar refractivity (Wildman–Crippen MR) is 63.1 cm³/mol. The molecular weight excluding hydrogens is 237 g/mol. The van der Waals surface area contributed by atoms with Crippen molar-refractivity contribution >= 4 is 6.03 Å². The second-order valence-electron chi connectivity index (χ2n) is 3.60. The number of aliphatic hydroxyl groups excluding tert-OH is 1. The molecule has 0 heterocycles. The van der Waals surface area contributed by atoms with Gasteiger partial charge in [0.25, 0.3) is 0 Å². The average molecular weight is 251 g/mol. The minimum absolute atomic E-state index is 0.00449. The van der Waals surface area contributed by atoms with E-state index in [-0.39, 0.29) is 18.7 Å². The molecule has 0 aromatic heterocycles. The molecule has 3 N–H and O–H groups in total. The Kier molecular flexibility index (Phi) is 5.61. The van der Waals surface area contributed by atoms with Crippen LogP contribution in [0.1, 0.15) is 17.5 Å². The highest BCUT2D eigenvalue weighted by atomic mass is 19.1. The molecule has 0 aliphatic heterocycles. The molecule has 0 saturated heterocycles. The number of rotatable bonds is 5. The summed E-state index contributed by atoms with van der Waals surface area (Å²) in [7, 11) is 0. The first-order valence-electron chi connectivity index (χ1n) is 5.48. The lowest BCUT2D eigenvalue weighted by Gasteiger charge is -2.07. The van der Waals surface area contributed by atoms with E-state index in [0.717, 1.165) is 6.07 Å². The SMILES string of the molecule is N#Cc1ccc(CNC(=O)NCCCO)c(F)c1. The number of nitrogens with one attached hydrogen (secondary N) is 2. The lowest BCUT2D eigenvalue weighted by Crippen LogP contribution is -2.36. The lowest BCUT2D eigenvalue weighted by molar-refractivity contribution is 0.237. The van der Waals surface area contributed by atoms with Gasteiger partial charge in [-0.3, -0.25) is 0 Å². The largest absolute Gasteiger partial charge is 0.396 e. The fourth-order valence-electron chi connectivity index (χ4n) is 1.28. The molecule has 2 amide bonds. The Morgan fingerprint density at radius 1 is 1.44 bits per heavy atom. The van der Waals surface area contributed by atoms with Gasteiger partial charge in [0, 0.05) is 25.3 Å². The van der Waals surface area contributed by atoms with Crippen molar-refractivity contribution in [3.63, 3.8) is 0 Å². The van der Waals surface area contributed by atoms with Gasteiger partial charge in [0.05, 0.1) is 11.6 Å². The maximum Gasteiger partial charge on any atom is 0.315 e. The van der Waals surface area contributed by atoms with Gasteiger partial charge in [-0.05, 0) is 18.6 Å². The van der Waals surface area contributed by atoms with E-state index in [4.69, 9.17) is 10.4 Å². The molecule has 0 unspecified atom stereocenters. The van der Waals surface area contributed by atoms with E-state index in [2.05, 4.69) is 10.6 Å². The summed E-state index contributed by atoms with van der Waals surface area (Å²) in [5.41, 5.74) is 0.551. The van der Waals surface area contributed by atoms with E-state index >= 15 is 0 Å². The Hall–Kier alpha value is -2.13. The monoisotopic (exact) mass is 251 g/mol. The summed E-state index contributed by atoms with van der Waals surface area (Å²) >= 11 is 0. The summed E-state index contributed by atoms with van der Waals surface area (Å²) in [6.07, 6.45) is 0.471. The van der Waals surface area contributed by atoms with E-state index in [9.17, 15) is 9.18 Å². The van der Waals surface area contributed by atoms with E-state index in [1.54, 1.807) is 0 Å². The summed E-state index contributed by atoms with van der Waals surface area (Å²) in [6.45, 7) is 0.408. The first-order valence-corrected chi connectivity index (χ1v) is 5.48. The molecule has 0 aliphatic rings. The normalized spacial score (nSPS) is 9.61. The van der Waals surface area contributed by atoms with Gasteiger partial charge in [0.15, 0.2) is 0 Å². The third-order valence-corrected chi connectivity index (χ3v) is 2.24. The zero-order chi connectivity index (χ0) is 13.4. The second kappa shape index (κ2) is 7.25. The zero-order valence-corrected chi connectivity index (χ0v) is 9.74. The molecule has 0 radical (unpaired) electrons. The molecule has 0 bridgehead atoms. The Bertz CT molecular complexity index is 457. The molecule has 6 heteroatoms. The maximum absolute atomic E-state index is 13.4. The second-order valence-corrected chi connectivity index (χ2v) is 3.60. The number of urea groups is 1. The molecule has 18 heavy (non-hydrogen) atoms. The van der Waals surface area contributed by atoms with Crippen LogP contribution in [0, 0.1) is 17.1 Å². The highest BCUT2D eigenvalue weighted by molar-refractivity contribution is 5.73. The third-order valence-electron chi connectivity index (χ3n) is 2.24. The molecule has 1 rings (SSSR count). The van der Waals surface area contributed by atoms with Crippen molar-refractivity contribution in [3.05, 3.63) is 35.1 Å². The van der Waals surface area contributed by atoms with Crippen LogP contribution in [0.4, 0.5) is 9.18 Å². The molecule has 0 spiro atoms. The van der Waals surface area contributed by atoms with Gasteiger partial charge in [-0.15, -0.1) is 0 Å². The Labute approximate surface area is 104 Å². The standard InChI is InChI=1S/C12H14FN3O2/c13-11-6-9(7-14)2-3-10(11)8-16-12(18)15-4-1-5-17/h2-3,6,17H,1,4-5,8H2,(H2,15,16,18). The van der Waals surface area contributed by atoms with Crippen LogP contribution in [0.15, 0.2) is 18.2 Å². The molecule has 0 fully saturated rings. The number of nitrogens with zero attached hydrogens (tertiary/aromatic N) is 1. The van der Waals surface area contributed by atoms with Gasteiger partial charge >= 0.3 is 6.03 Å². The summed E-state index contributed by atoms with van der Waals surface area (Å²) in [5.74, 6) is -0.523. The van der Waals surface area contributed by atoms with Crippen molar-refractivity contribution in [1.29, 1.82) is 5.26 Å². The molecule has 96 valence electrons. The zero-order valence-electron chi connectivity index (χ0n) is 9.74. The van der Waals surface area contributed by atoms with Crippen molar-refractivity contribution in [2.24, 2.45) is 0 Å². The predicted octanol–water partition coefficient (Wildman–Crippen LogP) is 0.879. The van der Waals surface area contributed by atoms with E-state index < -0.39 is 11.8 Å². The minimum Gasteiger partial charge on any atom is -0.396 e. The number of hydrogen-bond donors (Lipinski definition) is 3. The number of aliphatic hydroxyl groups is 1. The quantitative estimate of drug-likeness (QED) is 0.679. The van der Waals surface area contributed by atoms with Gasteiger partial charge < -0.3 is 15.7 Å². The van der Waals surface area contributed by atoms with E-state index in [1.165, 1.54) is 12.1 Å². The molecule has 0 saturated carbocycles. The van der Waals surface area contributed by atoms with Crippen LogP contribution in [0.5, 0.6) is 0 Å². The van der Waals surface area contributed by atoms with Gasteiger partial charge in [-0.1, -0.05) is 6.07 Å². The fourth-order valence-corrected chi connectivity index (χ4v) is 1.28. The van der Waals surface area contributed by atoms with Crippen molar-refractivity contribution in [3.8, 4) is 6.07 Å². The summed E-state index contributed by atoms with van der Waals surface area (Å²) in [5, 5.41) is 22.1. The maximum atomic E-state index is 13.4. The van der Waals surface area contributed by atoms with E-state index in [1.807, 2.05) is 6.07 Å². The molecular formula is C12H14FN3O2. The Morgan fingerprint density at radius 2 is 2.22 bits per heavy atom. The van der Waals surface area contributed by atoms with Crippen molar-refractivity contribution in [1.82, 2.24) is 10.6 Å². The van der Waals surface area contributed by atoms with Crippen LogP contribution in [0.3, 0.4) is 0 Å². The van der Waals surface area contributed by atoms with Crippen LogP contribution in [-0.4, -0.2) is 24.3 Å². The molecule has 0 aliphatic carbocycles. The highest BCUT2D eigenvalue weighted by Crippen LogP contribution is 2.09. The van der Waals surface area contributed by atoms with Gasteiger partial charge in [-0.25, -0.2) is 9.18 Å². The molecule has 0 atom stereocenters. The number of carbonyl (C=O) groups excluding carboxylic acids is 1. The number of carbonyl (C=O) groups is 1. The molecule has 5 nitrogen and oxygen atoms in total. The van der Waals surface area contributed by atoms with Gasteiger partial charge in [-0.2, -0.15) is 5.26 Å². The number of benzene rings is 1. The smallest absolute Gasteiger partial charge is 0.315 e. The summed E-state index contributed by atoms with van der Waals surface area (Å²) in [6, 6.07) is 5.48. The van der Waals surface area contributed by atoms with E-state index in [0.29, 0.717) is 18.5 Å². The number of halogens is 1. The lowest BCUT2D eigenvalue weighted by atomic mass is 10.1. The Balaban J connectivity index is 2.44. The van der Waals surface area contributed by atoms with Crippen LogP contribution in [0.25, 0.3) is 0 Å². The molecule has 1 aromatic rings. The van der Waals surface area contributed by atoms with Crippen molar-refractivity contribution < 1.29 is 14.3 Å². The first-order chi connectivity index (χ1) is 8.67. The number of hydrogen-bond acceptors (Lipinski definition) is 3. The summed E-state index contributed by atoms with van der Waals surface area (Å²) in [4.78, 5) is 11.2. The minimum atomic E-state index is -0.523. The average Bonchev–Trinajstić information content (AvgIpc) is 2.37. The van der Waals surface area contributed by atoms with Crippen LogP contribution < -0.4 is 10.6 Å². The van der Waals surface area contributed by atoms with Crippen molar-refractivity contribution in [2.75, 3.05) is 13.2 Å². The number of nitriles is 1.